The van der Waals surface area contributed by atoms with E-state index in [9.17, 15) is 0 Å². The predicted octanol–water partition coefficient (Wildman–Crippen LogP) is 3.29. The Labute approximate surface area is 125 Å². The first kappa shape index (κ1) is 13.1. The van der Waals surface area contributed by atoms with Crippen molar-refractivity contribution in [3.8, 4) is 5.75 Å². The van der Waals surface area contributed by atoms with E-state index in [4.69, 9.17) is 4.74 Å². The van der Waals surface area contributed by atoms with Crippen LogP contribution in [0.25, 0.3) is 5.52 Å². The summed E-state index contributed by atoms with van der Waals surface area (Å²) >= 11 is 3.47. The fourth-order valence-corrected chi connectivity index (χ4v) is 2.67. The maximum atomic E-state index is 5.16. The molecule has 3 rings (SSSR count). The second-order valence-electron chi connectivity index (χ2n) is 4.49. The number of methoxy groups -OCH3 is 1. The van der Waals surface area contributed by atoms with Gasteiger partial charge < -0.3 is 4.74 Å². The smallest absolute Gasteiger partial charge is 0.134 e. The molecular formula is C15H14BrN3O. The van der Waals surface area contributed by atoms with E-state index in [0.29, 0.717) is 0 Å². The molecule has 20 heavy (non-hydrogen) atoms. The normalized spacial score (nSPS) is 10.9. The lowest BCUT2D eigenvalue weighted by Gasteiger charge is -2.03. The van der Waals surface area contributed by atoms with E-state index in [-0.39, 0.29) is 0 Å². The van der Waals surface area contributed by atoms with Crippen molar-refractivity contribution in [2.75, 3.05) is 7.11 Å². The summed E-state index contributed by atoms with van der Waals surface area (Å²) in [5, 5.41) is 4.35. The van der Waals surface area contributed by atoms with Crippen LogP contribution < -0.4 is 4.74 Å². The Balaban J connectivity index is 1.79. The molecule has 1 aromatic carbocycles. The fourth-order valence-electron chi connectivity index (χ4n) is 2.16. The molecule has 0 aliphatic carbocycles. The van der Waals surface area contributed by atoms with Gasteiger partial charge in [-0.1, -0.05) is 12.1 Å². The number of ether oxygens (including phenoxy) is 1. The maximum absolute atomic E-state index is 5.16. The summed E-state index contributed by atoms with van der Waals surface area (Å²) in [4.78, 5) is 4.53. The number of aryl methyl sites for hydroxylation is 2. The van der Waals surface area contributed by atoms with E-state index >= 15 is 0 Å². The van der Waals surface area contributed by atoms with Gasteiger partial charge in [-0.05, 0) is 52.2 Å². The van der Waals surface area contributed by atoms with Crippen molar-refractivity contribution in [3.63, 3.8) is 0 Å². The molecule has 0 aliphatic rings. The number of rotatable bonds is 4. The highest BCUT2D eigenvalue weighted by Gasteiger charge is 2.09. The zero-order valence-corrected chi connectivity index (χ0v) is 12.7. The summed E-state index contributed by atoms with van der Waals surface area (Å²) in [6, 6.07) is 12.0. The van der Waals surface area contributed by atoms with Gasteiger partial charge in [-0.25, -0.2) is 9.50 Å². The Bertz CT molecular complexity index is 722. The molecule has 4 nitrogen and oxygen atoms in total. The zero-order valence-electron chi connectivity index (χ0n) is 11.1. The van der Waals surface area contributed by atoms with Crippen LogP contribution in [0.1, 0.15) is 11.4 Å². The van der Waals surface area contributed by atoms with Crippen LogP contribution >= 0.6 is 15.9 Å². The third-order valence-electron chi connectivity index (χ3n) is 3.23. The predicted molar refractivity (Wildman–Crippen MR) is 81.1 cm³/mol. The average molecular weight is 332 g/mol. The minimum Gasteiger partial charge on any atom is -0.497 e. The first-order valence-electron chi connectivity index (χ1n) is 6.39. The summed E-state index contributed by atoms with van der Waals surface area (Å²) in [6.45, 7) is 0. The Hall–Kier alpha value is -1.88. The van der Waals surface area contributed by atoms with Gasteiger partial charge in [-0.3, -0.25) is 0 Å². The molecule has 0 radical (unpaired) electrons. The van der Waals surface area contributed by atoms with Crippen molar-refractivity contribution in [1.29, 1.82) is 0 Å². The number of aromatic nitrogens is 3. The molecule has 0 aliphatic heterocycles. The van der Waals surface area contributed by atoms with Crippen molar-refractivity contribution in [2.45, 2.75) is 12.8 Å². The lowest BCUT2D eigenvalue weighted by Crippen LogP contribution is -2.00. The molecule has 0 fully saturated rings. The van der Waals surface area contributed by atoms with Gasteiger partial charge in [0.05, 0.1) is 12.6 Å². The Morgan fingerprint density at radius 1 is 1.15 bits per heavy atom. The minimum atomic E-state index is 0.843. The van der Waals surface area contributed by atoms with Gasteiger partial charge in [-0.2, -0.15) is 5.10 Å². The highest BCUT2D eigenvalue weighted by Crippen LogP contribution is 2.19. The molecule has 0 spiro atoms. The van der Waals surface area contributed by atoms with E-state index in [1.807, 2.05) is 28.8 Å². The van der Waals surface area contributed by atoms with Crippen LogP contribution in [0.5, 0.6) is 5.75 Å². The van der Waals surface area contributed by atoms with Crippen LogP contribution in [0.2, 0.25) is 0 Å². The number of imidazole rings is 1. The number of hydrogen-bond acceptors (Lipinski definition) is 3. The first-order chi connectivity index (χ1) is 9.78. The summed E-state index contributed by atoms with van der Waals surface area (Å²) in [6.07, 6.45) is 3.54. The van der Waals surface area contributed by atoms with Gasteiger partial charge in [0, 0.05) is 12.6 Å². The van der Waals surface area contributed by atoms with Gasteiger partial charge >= 0.3 is 0 Å². The van der Waals surface area contributed by atoms with E-state index in [1.54, 1.807) is 13.3 Å². The van der Waals surface area contributed by atoms with Crippen LogP contribution in [0.3, 0.4) is 0 Å². The average Bonchev–Trinajstić information content (AvgIpc) is 2.83. The fraction of sp³-hybridized carbons (Fsp3) is 0.200. The minimum absolute atomic E-state index is 0.843. The van der Waals surface area contributed by atoms with Gasteiger partial charge in [0.15, 0.2) is 0 Å². The van der Waals surface area contributed by atoms with Crippen molar-refractivity contribution in [1.82, 2.24) is 14.6 Å². The highest BCUT2D eigenvalue weighted by atomic mass is 79.9. The molecule has 0 saturated heterocycles. The van der Waals surface area contributed by atoms with E-state index in [1.165, 1.54) is 5.56 Å². The van der Waals surface area contributed by atoms with Gasteiger partial charge in [0.2, 0.25) is 0 Å². The zero-order chi connectivity index (χ0) is 13.9. The maximum Gasteiger partial charge on any atom is 0.134 e. The van der Waals surface area contributed by atoms with Crippen LogP contribution in [-0.4, -0.2) is 21.7 Å². The largest absolute Gasteiger partial charge is 0.497 e. The second kappa shape index (κ2) is 5.63. The topological polar surface area (TPSA) is 39.4 Å². The molecule has 0 bridgehead atoms. The van der Waals surface area contributed by atoms with Crippen LogP contribution in [0, 0.1) is 0 Å². The van der Waals surface area contributed by atoms with Crippen molar-refractivity contribution < 1.29 is 4.74 Å². The molecule has 0 saturated carbocycles. The summed E-state index contributed by atoms with van der Waals surface area (Å²) in [5.74, 6) is 1.84. The van der Waals surface area contributed by atoms with Crippen molar-refractivity contribution >= 4 is 21.4 Å². The molecule has 0 N–H and O–H groups in total. The number of halogens is 1. The van der Waals surface area contributed by atoms with Crippen LogP contribution in [0.4, 0.5) is 0 Å². The van der Waals surface area contributed by atoms with E-state index < -0.39 is 0 Å². The molecule has 0 amide bonds. The first-order valence-corrected chi connectivity index (χ1v) is 7.18. The molecule has 2 aromatic heterocycles. The second-order valence-corrected chi connectivity index (χ2v) is 5.24. The lowest BCUT2D eigenvalue weighted by molar-refractivity contribution is 0.414. The third-order valence-corrected chi connectivity index (χ3v) is 3.81. The third kappa shape index (κ3) is 2.54. The molecule has 3 aromatic rings. The van der Waals surface area contributed by atoms with Crippen LogP contribution in [0.15, 0.2) is 47.2 Å². The SMILES string of the molecule is COc1ccc(CCc2nc(Br)c3cccnn23)cc1. The summed E-state index contributed by atoms with van der Waals surface area (Å²) in [7, 11) is 1.68. The summed E-state index contributed by atoms with van der Waals surface area (Å²) < 4.78 is 7.89. The molecule has 102 valence electrons. The monoisotopic (exact) mass is 331 g/mol. The Morgan fingerprint density at radius 2 is 1.95 bits per heavy atom. The Kier molecular flexibility index (Phi) is 3.69. The number of benzene rings is 1. The van der Waals surface area contributed by atoms with Gasteiger partial charge in [-0.15, -0.1) is 0 Å². The Morgan fingerprint density at radius 3 is 2.70 bits per heavy atom. The molecule has 2 heterocycles. The van der Waals surface area contributed by atoms with Crippen LogP contribution in [-0.2, 0) is 12.8 Å². The van der Waals surface area contributed by atoms with Gasteiger partial charge in [0.1, 0.15) is 16.2 Å². The molecule has 0 unspecified atom stereocenters. The standard InChI is InChI=1S/C15H14BrN3O/c1-20-12-7-4-11(5-8-12)6-9-14-18-15(16)13-3-2-10-17-19(13)14/h2-5,7-8,10H,6,9H2,1H3. The lowest BCUT2D eigenvalue weighted by atomic mass is 10.1. The quantitative estimate of drug-likeness (QED) is 0.736. The number of fused-ring (bicyclic) bond motifs is 1. The molecule has 5 heteroatoms. The number of hydrogen-bond donors (Lipinski definition) is 0. The van der Waals surface area contributed by atoms with E-state index in [0.717, 1.165) is 34.5 Å². The van der Waals surface area contributed by atoms with Crippen molar-refractivity contribution in [3.05, 3.63) is 58.6 Å². The summed E-state index contributed by atoms with van der Waals surface area (Å²) in [5.41, 5.74) is 2.26. The molecule has 0 atom stereocenters. The van der Waals surface area contributed by atoms with Gasteiger partial charge in [0.25, 0.3) is 0 Å². The molecular weight excluding hydrogens is 318 g/mol. The van der Waals surface area contributed by atoms with E-state index in [2.05, 4.69) is 38.1 Å². The number of nitrogens with zero attached hydrogens (tertiary/aromatic N) is 3. The van der Waals surface area contributed by atoms with Crippen molar-refractivity contribution in [2.24, 2.45) is 0 Å². The highest BCUT2D eigenvalue weighted by molar-refractivity contribution is 9.10.